The minimum Gasteiger partial charge on any atom is -0.481 e. The van der Waals surface area contributed by atoms with Gasteiger partial charge < -0.3 is 10.4 Å². The van der Waals surface area contributed by atoms with Crippen LogP contribution in [0.15, 0.2) is 12.1 Å². The van der Waals surface area contributed by atoms with E-state index in [2.05, 4.69) is 5.32 Å². The second-order valence-electron chi connectivity index (χ2n) is 5.29. The zero-order valence-electron chi connectivity index (χ0n) is 11.3. The predicted octanol–water partition coefficient (Wildman–Crippen LogP) is 3.06. The lowest BCUT2D eigenvalue weighted by atomic mass is 9.85. The van der Waals surface area contributed by atoms with E-state index < -0.39 is 11.8 Å². The molecular formula is C15H17FN2O2. The van der Waals surface area contributed by atoms with Crippen LogP contribution in [0.5, 0.6) is 0 Å². The first-order valence-corrected chi connectivity index (χ1v) is 6.71. The molecule has 0 radical (unpaired) electrons. The summed E-state index contributed by atoms with van der Waals surface area (Å²) in [6.45, 7) is 1.65. The molecule has 0 amide bonds. The van der Waals surface area contributed by atoms with E-state index >= 15 is 0 Å². The third-order valence-electron chi connectivity index (χ3n) is 3.86. The molecule has 2 unspecified atom stereocenters. The number of benzene rings is 1. The number of nitriles is 1. The molecule has 0 heterocycles. The van der Waals surface area contributed by atoms with Crippen molar-refractivity contribution in [2.24, 2.45) is 5.92 Å². The van der Waals surface area contributed by atoms with Crippen LogP contribution in [0.25, 0.3) is 0 Å². The van der Waals surface area contributed by atoms with Crippen LogP contribution in [0, 0.1) is 30.0 Å². The third-order valence-corrected chi connectivity index (χ3v) is 3.86. The first-order chi connectivity index (χ1) is 9.51. The van der Waals surface area contributed by atoms with Crippen molar-refractivity contribution in [3.63, 3.8) is 0 Å². The fourth-order valence-corrected chi connectivity index (χ4v) is 2.66. The van der Waals surface area contributed by atoms with Gasteiger partial charge in [0.1, 0.15) is 5.82 Å². The van der Waals surface area contributed by atoms with Crippen LogP contribution in [0.2, 0.25) is 0 Å². The third kappa shape index (κ3) is 3.08. The zero-order valence-corrected chi connectivity index (χ0v) is 11.3. The van der Waals surface area contributed by atoms with E-state index in [1.165, 1.54) is 6.07 Å². The topological polar surface area (TPSA) is 73.1 Å². The number of rotatable bonds is 3. The number of carbonyl (C=O) groups is 1. The lowest BCUT2D eigenvalue weighted by Gasteiger charge is -2.28. The van der Waals surface area contributed by atoms with Crippen LogP contribution in [-0.2, 0) is 4.79 Å². The Hall–Kier alpha value is -2.09. The Bertz CT molecular complexity index is 566. The minimum atomic E-state index is -0.773. The van der Waals surface area contributed by atoms with Gasteiger partial charge >= 0.3 is 5.97 Å². The molecule has 1 fully saturated rings. The molecule has 1 saturated carbocycles. The first kappa shape index (κ1) is 14.3. The highest BCUT2D eigenvalue weighted by molar-refractivity contribution is 5.70. The molecule has 2 atom stereocenters. The highest BCUT2D eigenvalue weighted by Gasteiger charge is 2.27. The van der Waals surface area contributed by atoms with Crippen molar-refractivity contribution in [2.75, 3.05) is 5.32 Å². The van der Waals surface area contributed by atoms with Crippen LogP contribution in [0.3, 0.4) is 0 Å². The molecule has 20 heavy (non-hydrogen) atoms. The van der Waals surface area contributed by atoms with Crippen molar-refractivity contribution >= 4 is 11.7 Å². The Morgan fingerprint density at radius 2 is 2.25 bits per heavy atom. The van der Waals surface area contributed by atoms with Crippen molar-refractivity contribution in [1.82, 2.24) is 0 Å². The van der Waals surface area contributed by atoms with Crippen molar-refractivity contribution in [2.45, 2.75) is 38.6 Å². The summed E-state index contributed by atoms with van der Waals surface area (Å²) in [4.78, 5) is 11.0. The van der Waals surface area contributed by atoms with Gasteiger partial charge in [-0.3, -0.25) is 4.79 Å². The highest BCUT2D eigenvalue weighted by Crippen LogP contribution is 2.29. The van der Waals surface area contributed by atoms with E-state index in [-0.39, 0.29) is 17.5 Å². The lowest BCUT2D eigenvalue weighted by Crippen LogP contribution is -2.31. The summed E-state index contributed by atoms with van der Waals surface area (Å²) in [5, 5.41) is 21.1. The fourth-order valence-electron chi connectivity index (χ4n) is 2.66. The van der Waals surface area contributed by atoms with Crippen molar-refractivity contribution < 1.29 is 14.3 Å². The lowest BCUT2D eigenvalue weighted by molar-refractivity contribution is -0.142. The monoisotopic (exact) mass is 276 g/mol. The SMILES string of the molecule is Cc1c(F)cc(C#N)cc1NC1CCCC(C(=O)O)C1. The molecule has 0 saturated heterocycles. The van der Waals surface area contributed by atoms with Gasteiger partial charge in [0, 0.05) is 17.3 Å². The number of hydrogen-bond acceptors (Lipinski definition) is 3. The van der Waals surface area contributed by atoms with E-state index in [4.69, 9.17) is 10.4 Å². The number of hydrogen-bond donors (Lipinski definition) is 2. The minimum absolute atomic E-state index is 0.0110. The van der Waals surface area contributed by atoms with E-state index in [1.54, 1.807) is 13.0 Å². The van der Waals surface area contributed by atoms with E-state index in [0.717, 1.165) is 12.8 Å². The van der Waals surface area contributed by atoms with Gasteiger partial charge in [0.2, 0.25) is 0 Å². The summed E-state index contributed by atoms with van der Waals surface area (Å²) in [5.74, 6) is -1.53. The average Bonchev–Trinajstić information content (AvgIpc) is 2.43. The molecule has 106 valence electrons. The summed E-state index contributed by atoms with van der Waals surface area (Å²) >= 11 is 0. The molecule has 0 spiro atoms. The number of carboxylic acids is 1. The smallest absolute Gasteiger partial charge is 0.306 e. The standard InChI is InChI=1S/C15H17FN2O2/c1-9-13(16)5-10(8-17)6-14(9)18-12-4-2-3-11(7-12)15(19)20/h5-6,11-12,18H,2-4,7H2,1H3,(H,19,20). The quantitative estimate of drug-likeness (QED) is 0.889. The zero-order chi connectivity index (χ0) is 14.7. The summed E-state index contributed by atoms with van der Waals surface area (Å²) < 4.78 is 13.7. The maximum absolute atomic E-state index is 13.7. The molecule has 2 N–H and O–H groups in total. The van der Waals surface area contributed by atoms with Crippen molar-refractivity contribution in [1.29, 1.82) is 5.26 Å². The molecule has 5 heteroatoms. The van der Waals surface area contributed by atoms with E-state index in [1.807, 2.05) is 6.07 Å². The Morgan fingerprint density at radius 1 is 1.50 bits per heavy atom. The molecule has 0 aromatic heterocycles. The van der Waals surface area contributed by atoms with Crippen LogP contribution in [0.1, 0.15) is 36.8 Å². The molecule has 1 aromatic carbocycles. The predicted molar refractivity (Wildman–Crippen MR) is 72.9 cm³/mol. The number of aliphatic carboxylic acids is 1. The van der Waals surface area contributed by atoms with Crippen LogP contribution in [0.4, 0.5) is 10.1 Å². The van der Waals surface area contributed by atoms with Gasteiger partial charge in [-0.15, -0.1) is 0 Å². The highest BCUT2D eigenvalue weighted by atomic mass is 19.1. The molecular weight excluding hydrogens is 259 g/mol. The summed E-state index contributed by atoms with van der Waals surface area (Å²) in [7, 11) is 0. The summed E-state index contributed by atoms with van der Waals surface area (Å²) in [6, 6.07) is 4.76. The largest absolute Gasteiger partial charge is 0.481 e. The summed E-state index contributed by atoms with van der Waals surface area (Å²) in [5.41, 5.74) is 1.31. The maximum Gasteiger partial charge on any atom is 0.306 e. The number of carboxylic acid groups (broad SMARTS) is 1. The van der Waals surface area contributed by atoms with Crippen molar-refractivity contribution in [3.05, 3.63) is 29.1 Å². The van der Waals surface area contributed by atoms with Gasteiger partial charge in [-0.2, -0.15) is 5.26 Å². The van der Waals surface area contributed by atoms with E-state index in [0.29, 0.717) is 24.1 Å². The normalized spacial score (nSPS) is 22.1. The van der Waals surface area contributed by atoms with Gasteiger partial charge in [-0.1, -0.05) is 6.42 Å². The van der Waals surface area contributed by atoms with Gasteiger partial charge in [-0.25, -0.2) is 4.39 Å². The Kier molecular flexibility index (Phi) is 4.23. The van der Waals surface area contributed by atoms with Gasteiger partial charge in [-0.05, 0) is 38.3 Å². The second-order valence-corrected chi connectivity index (χ2v) is 5.29. The number of halogens is 1. The maximum atomic E-state index is 13.7. The van der Waals surface area contributed by atoms with Crippen LogP contribution >= 0.6 is 0 Å². The fraction of sp³-hybridized carbons (Fsp3) is 0.467. The Morgan fingerprint density at radius 3 is 2.90 bits per heavy atom. The number of nitrogens with one attached hydrogen (secondary N) is 1. The van der Waals surface area contributed by atoms with Crippen LogP contribution < -0.4 is 5.32 Å². The first-order valence-electron chi connectivity index (χ1n) is 6.71. The molecule has 1 aliphatic rings. The molecule has 1 aromatic rings. The molecule has 1 aliphatic carbocycles. The Labute approximate surface area is 117 Å². The van der Waals surface area contributed by atoms with E-state index in [9.17, 15) is 9.18 Å². The molecule has 0 bridgehead atoms. The van der Waals surface area contributed by atoms with Crippen molar-refractivity contribution in [3.8, 4) is 6.07 Å². The number of nitrogens with zero attached hydrogens (tertiary/aromatic N) is 1. The average molecular weight is 276 g/mol. The van der Waals surface area contributed by atoms with Gasteiger partial charge in [0.25, 0.3) is 0 Å². The Balaban J connectivity index is 2.16. The molecule has 0 aliphatic heterocycles. The van der Waals surface area contributed by atoms with Gasteiger partial charge in [0.15, 0.2) is 0 Å². The second kappa shape index (κ2) is 5.91. The summed E-state index contributed by atoms with van der Waals surface area (Å²) in [6.07, 6.45) is 2.93. The number of anilines is 1. The molecule has 2 rings (SSSR count). The van der Waals surface area contributed by atoms with Crippen LogP contribution in [-0.4, -0.2) is 17.1 Å². The molecule has 4 nitrogen and oxygen atoms in total. The van der Waals surface area contributed by atoms with Gasteiger partial charge in [0.05, 0.1) is 17.6 Å².